The highest BCUT2D eigenvalue weighted by Gasteiger charge is 1.97. The van der Waals surface area contributed by atoms with Crippen LogP contribution in [0, 0.1) is 0 Å². The first-order valence-electron chi connectivity index (χ1n) is 2.21. The first kappa shape index (κ1) is 6.28. The molecule has 9 heavy (non-hydrogen) atoms. The van der Waals surface area contributed by atoms with Crippen LogP contribution >= 0.6 is 0 Å². The molecule has 0 radical (unpaired) electrons. The topological polar surface area (TPSA) is 52.3 Å². The maximum atomic E-state index is 10.3. The van der Waals surface area contributed by atoms with Gasteiger partial charge in [-0.25, -0.2) is 4.21 Å². The molecule has 1 rings (SSSR count). The van der Waals surface area contributed by atoms with Crippen molar-refractivity contribution in [3.05, 3.63) is 12.3 Å². The summed E-state index contributed by atoms with van der Waals surface area (Å²) in [4.78, 5) is 0. The van der Waals surface area contributed by atoms with Crippen LogP contribution in [0.15, 0.2) is 16.8 Å². The van der Waals surface area contributed by atoms with Gasteiger partial charge in [-0.15, -0.1) is 0 Å². The average molecular weight is 147 g/mol. The minimum atomic E-state index is -1.33. The molecule has 0 aromatic carbocycles. The second-order valence-electron chi connectivity index (χ2n) is 1.32. The summed E-state index contributed by atoms with van der Waals surface area (Å²) in [5.74, 6) is 0.177. The number of hydrogen-bond acceptors (Lipinski definition) is 4. The fourth-order valence-corrected chi connectivity index (χ4v) is 0.680. The Hall–Kier alpha value is -0.840. The van der Waals surface area contributed by atoms with Crippen molar-refractivity contribution in [1.29, 1.82) is 0 Å². The van der Waals surface area contributed by atoms with E-state index in [1.165, 1.54) is 18.5 Å². The van der Waals surface area contributed by atoms with Crippen molar-refractivity contribution < 1.29 is 12.9 Å². The predicted octanol–water partition coefficient (Wildman–Crippen LogP) is 0.347. The van der Waals surface area contributed by atoms with Gasteiger partial charge in [0.1, 0.15) is 0 Å². The van der Waals surface area contributed by atoms with E-state index in [0.717, 1.165) is 0 Å². The minimum absolute atomic E-state index is 0.177. The maximum Gasteiger partial charge on any atom is 0.325 e. The normalized spacial score (nSPS) is 13.0. The van der Waals surface area contributed by atoms with Gasteiger partial charge in [0.15, 0.2) is 0 Å². The Morgan fingerprint density at radius 3 is 3.11 bits per heavy atom. The van der Waals surface area contributed by atoms with E-state index in [-0.39, 0.29) is 5.95 Å². The Kier molecular flexibility index (Phi) is 1.84. The molecule has 0 N–H and O–H groups in total. The zero-order valence-electron chi connectivity index (χ0n) is 4.73. The highest BCUT2D eigenvalue weighted by Crippen LogP contribution is 2.07. The quantitative estimate of drug-likeness (QED) is 0.605. The molecule has 1 aromatic heterocycles. The second-order valence-corrected chi connectivity index (χ2v) is 2.29. The minimum Gasteiger partial charge on any atom is -0.362 e. The summed E-state index contributed by atoms with van der Waals surface area (Å²) in [6, 6.07) is 1.49. The van der Waals surface area contributed by atoms with Crippen molar-refractivity contribution in [2.24, 2.45) is 0 Å². The van der Waals surface area contributed by atoms with Crippen molar-refractivity contribution >= 4 is 11.1 Å². The van der Waals surface area contributed by atoms with E-state index in [1.807, 2.05) is 0 Å². The smallest absolute Gasteiger partial charge is 0.325 e. The highest BCUT2D eigenvalue weighted by molar-refractivity contribution is 7.79. The van der Waals surface area contributed by atoms with Crippen LogP contribution in [-0.2, 0) is 11.1 Å². The molecule has 5 heteroatoms. The van der Waals surface area contributed by atoms with Crippen molar-refractivity contribution in [2.45, 2.75) is 0 Å². The van der Waals surface area contributed by atoms with Crippen LogP contribution in [0.3, 0.4) is 0 Å². The summed E-state index contributed by atoms with van der Waals surface area (Å²) in [7, 11) is 0. The first-order chi connectivity index (χ1) is 4.29. The van der Waals surface area contributed by atoms with Gasteiger partial charge < -0.3 is 8.71 Å². The molecule has 0 spiro atoms. The Morgan fingerprint density at radius 2 is 2.67 bits per heavy atom. The van der Waals surface area contributed by atoms with E-state index in [2.05, 4.69) is 13.9 Å². The van der Waals surface area contributed by atoms with Crippen LogP contribution in [0.5, 0.6) is 5.95 Å². The third-order valence-electron chi connectivity index (χ3n) is 0.614. The highest BCUT2D eigenvalue weighted by atomic mass is 32.2. The van der Waals surface area contributed by atoms with E-state index in [0.29, 0.717) is 0 Å². The van der Waals surface area contributed by atoms with Gasteiger partial charge in [0, 0.05) is 12.3 Å². The summed E-state index contributed by atoms with van der Waals surface area (Å²) in [6.45, 7) is 0. The lowest BCUT2D eigenvalue weighted by Crippen LogP contribution is -1.94. The zero-order valence-corrected chi connectivity index (χ0v) is 5.55. The molecule has 1 unspecified atom stereocenters. The van der Waals surface area contributed by atoms with E-state index >= 15 is 0 Å². The van der Waals surface area contributed by atoms with Crippen LogP contribution < -0.4 is 4.18 Å². The van der Waals surface area contributed by atoms with Crippen LogP contribution in [-0.4, -0.2) is 15.6 Å². The lowest BCUT2D eigenvalue weighted by Gasteiger charge is -1.89. The third kappa shape index (κ3) is 1.85. The van der Waals surface area contributed by atoms with Gasteiger partial charge in [-0.3, -0.25) is 0 Å². The van der Waals surface area contributed by atoms with E-state index < -0.39 is 11.1 Å². The Labute approximate surface area is 54.5 Å². The monoisotopic (exact) mass is 147 g/mol. The fraction of sp³-hybridized carbons (Fsp3) is 0.250. The summed E-state index contributed by atoms with van der Waals surface area (Å²) >= 11 is -1.33. The van der Waals surface area contributed by atoms with E-state index in [9.17, 15) is 4.21 Å². The van der Waals surface area contributed by atoms with Gasteiger partial charge in [-0.1, -0.05) is 5.16 Å². The van der Waals surface area contributed by atoms with Gasteiger partial charge in [-0.2, -0.15) is 0 Å². The molecule has 1 atom stereocenters. The standard InChI is InChI=1S/C4H5NO3S/c1-9(6)8-4-2-3-5-7-4/h2-3H,1H3. The van der Waals surface area contributed by atoms with E-state index in [4.69, 9.17) is 0 Å². The van der Waals surface area contributed by atoms with Crippen LogP contribution in [0.4, 0.5) is 0 Å². The molecule has 0 aliphatic heterocycles. The molecule has 4 nitrogen and oxygen atoms in total. The third-order valence-corrected chi connectivity index (χ3v) is 1.01. The fourth-order valence-electron chi connectivity index (χ4n) is 0.363. The molecule has 0 fully saturated rings. The molecule has 0 aliphatic rings. The Balaban J connectivity index is 2.58. The number of aromatic nitrogens is 1. The molecule has 0 aliphatic carbocycles. The Bertz CT molecular complexity index is 196. The molecule has 0 saturated heterocycles. The Morgan fingerprint density at radius 1 is 1.89 bits per heavy atom. The number of hydrogen-bond donors (Lipinski definition) is 0. The second kappa shape index (κ2) is 2.63. The molecule has 50 valence electrons. The largest absolute Gasteiger partial charge is 0.362 e. The lowest BCUT2D eigenvalue weighted by molar-refractivity contribution is 0.330. The van der Waals surface area contributed by atoms with Crippen LogP contribution in [0.1, 0.15) is 0 Å². The van der Waals surface area contributed by atoms with E-state index in [1.54, 1.807) is 0 Å². The lowest BCUT2D eigenvalue weighted by atomic mass is 10.7. The molecular formula is C4H5NO3S. The summed E-state index contributed by atoms with van der Waals surface area (Å²) in [5, 5.41) is 3.34. The molecule has 0 amide bonds. The van der Waals surface area contributed by atoms with Crippen molar-refractivity contribution in [1.82, 2.24) is 5.16 Å². The van der Waals surface area contributed by atoms with Crippen molar-refractivity contribution in [3.63, 3.8) is 0 Å². The summed E-state index contributed by atoms with van der Waals surface area (Å²) < 4.78 is 19.4. The van der Waals surface area contributed by atoms with Crippen molar-refractivity contribution in [2.75, 3.05) is 6.26 Å². The summed E-state index contributed by atoms with van der Waals surface area (Å²) in [5.41, 5.74) is 0. The van der Waals surface area contributed by atoms with Gasteiger partial charge >= 0.3 is 5.95 Å². The van der Waals surface area contributed by atoms with Gasteiger partial charge in [0.25, 0.3) is 0 Å². The van der Waals surface area contributed by atoms with Crippen molar-refractivity contribution in [3.8, 4) is 5.95 Å². The molecular weight excluding hydrogens is 142 g/mol. The van der Waals surface area contributed by atoms with Gasteiger partial charge in [-0.05, 0) is 0 Å². The molecule has 0 bridgehead atoms. The number of nitrogens with zero attached hydrogens (tertiary/aromatic N) is 1. The average Bonchev–Trinajstić information content (AvgIpc) is 2.15. The van der Waals surface area contributed by atoms with Crippen LogP contribution in [0.25, 0.3) is 0 Å². The predicted molar refractivity (Wildman–Crippen MR) is 31.2 cm³/mol. The van der Waals surface area contributed by atoms with Gasteiger partial charge in [0.2, 0.25) is 11.1 Å². The SMILES string of the molecule is CS(=O)Oc1ccno1. The zero-order chi connectivity index (χ0) is 6.69. The number of rotatable bonds is 2. The van der Waals surface area contributed by atoms with Crippen LogP contribution in [0.2, 0.25) is 0 Å². The first-order valence-corrected chi connectivity index (χ1v) is 3.70. The molecule has 1 heterocycles. The summed E-state index contributed by atoms with van der Waals surface area (Å²) in [6.07, 6.45) is 2.82. The molecule has 0 saturated carbocycles. The maximum absolute atomic E-state index is 10.3. The van der Waals surface area contributed by atoms with Gasteiger partial charge in [0.05, 0.1) is 6.20 Å². The molecule has 1 aromatic rings.